The third kappa shape index (κ3) is 7.22. The second-order valence-electron chi connectivity index (χ2n) is 3.37. The van der Waals surface area contributed by atoms with E-state index in [2.05, 4.69) is 13.2 Å². The van der Waals surface area contributed by atoms with Crippen LogP contribution < -0.4 is 5.73 Å². The van der Waals surface area contributed by atoms with E-state index in [9.17, 15) is 4.79 Å². The summed E-state index contributed by atoms with van der Waals surface area (Å²) in [7, 11) is 0. The Bertz CT molecular complexity index is 207. The van der Waals surface area contributed by atoms with E-state index in [1.165, 1.54) is 0 Å². The van der Waals surface area contributed by atoms with Crippen molar-refractivity contribution in [1.82, 2.24) is 4.90 Å². The van der Waals surface area contributed by atoms with E-state index in [1.807, 2.05) is 6.92 Å². The van der Waals surface area contributed by atoms with E-state index in [-0.39, 0.29) is 11.9 Å². The van der Waals surface area contributed by atoms with Crippen molar-refractivity contribution >= 4 is 17.7 Å². The molecular weight excluding hydrogens is 208 g/mol. The van der Waals surface area contributed by atoms with E-state index in [4.69, 9.17) is 5.73 Å². The van der Waals surface area contributed by atoms with E-state index in [1.54, 1.807) is 28.8 Å². The van der Waals surface area contributed by atoms with Gasteiger partial charge in [0, 0.05) is 24.9 Å². The van der Waals surface area contributed by atoms with Crippen LogP contribution in [0.1, 0.15) is 6.92 Å². The summed E-state index contributed by atoms with van der Waals surface area (Å²) in [5, 5.41) is 0. The summed E-state index contributed by atoms with van der Waals surface area (Å²) in [6.45, 7) is 10.3. The minimum atomic E-state index is 0.112. The predicted octanol–water partition coefficient (Wildman–Crippen LogP) is 1.27. The molecule has 0 aliphatic heterocycles. The lowest BCUT2D eigenvalue weighted by atomic mass is 10.4. The van der Waals surface area contributed by atoms with Gasteiger partial charge in [-0.15, -0.1) is 13.2 Å². The molecule has 0 fully saturated rings. The molecule has 1 atom stereocenters. The van der Waals surface area contributed by atoms with Gasteiger partial charge in [-0.2, -0.15) is 11.8 Å². The lowest BCUT2D eigenvalue weighted by molar-refractivity contribution is -0.127. The van der Waals surface area contributed by atoms with Gasteiger partial charge in [-0.05, 0) is 6.92 Å². The molecule has 86 valence electrons. The molecule has 0 rings (SSSR count). The molecule has 4 heteroatoms. The first-order valence-electron chi connectivity index (χ1n) is 4.94. The van der Waals surface area contributed by atoms with Gasteiger partial charge in [0.05, 0.1) is 5.75 Å². The summed E-state index contributed by atoms with van der Waals surface area (Å²) in [5.74, 6) is 1.39. The van der Waals surface area contributed by atoms with Gasteiger partial charge in [-0.1, -0.05) is 12.2 Å². The van der Waals surface area contributed by atoms with Crippen molar-refractivity contribution in [1.29, 1.82) is 0 Å². The van der Waals surface area contributed by atoms with Gasteiger partial charge in [-0.3, -0.25) is 4.79 Å². The Morgan fingerprint density at radius 2 is 2.00 bits per heavy atom. The van der Waals surface area contributed by atoms with Crippen molar-refractivity contribution in [3.05, 3.63) is 25.3 Å². The number of hydrogen-bond donors (Lipinski definition) is 1. The Hall–Kier alpha value is -0.740. The van der Waals surface area contributed by atoms with Crippen molar-refractivity contribution in [3.8, 4) is 0 Å². The van der Waals surface area contributed by atoms with Gasteiger partial charge in [-0.25, -0.2) is 0 Å². The Morgan fingerprint density at radius 1 is 1.47 bits per heavy atom. The summed E-state index contributed by atoms with van der Waals surface area (Å²) < 4.78 is 0. The Kier molecular flexibility index (Phi) is 8.14. The van der Waals surface area contributed by atoms with Gasteiger partial charge in [0.1, 0.15) is 0 Å². The summed E-state index contributed by atoms with van der Waals surface area (Å²) in [4.78, 5) is 13.4. The van der Waals surface area contributed by atoms with Crippen LogP contribution in [0.15, 0.2) is 25.3 Å². The molecule has 1 amide bonds. The zero-order chi connectivity index (χ0) is 11.7. The molecule has 0 saturated heterocycles. The van der Waals surface area contributed by atoms with Crippen LogP contribution in [0.2, 0.25) is 0 Å². The Labute approximate surface area is 96.4 Å². The molecule has 2 N–H and O–H groups in total. The highest BCUT2D eigenvalue weighted by molar-refractivity contribution is 7.99. The number of carbonyl (C=O) groups is 1. The van der Waals surface area contributed by atoms with Gasteiger partial charge in [0.25, 0.3) is 0 Å². The SMILES string of the molecule is C=CCN(CC=C)C(=O)CSCC(C)N. The lowest BCUT2D eigenvalue weighted by Crippen LogP contribution is -2.33. The molecule has 0 aliphatic rings. The van der Waals surface area contributed by atoms with Crippen LogP contribution in [0, 0.1) is 0 Å². The third-order valence-corrected chi connectivity index (χ3v) is 2.87. The van der Waals surface area contributed by atoms with Gasteiger partial charge in [0.15, 0.2) is 0 Å². The topological polar surface area (TPSA) is 46.3 Å². The van der Waals surface area contributed by atoms with E-state index < -0.39 is 0 Å². The fraction of sp³-hybridized carbons (Fsp3) is 0.545. The molecule has 3 nitrogen and oxygen atoms in total. The lowest BCUT2D eigenvalue weighted by Gasteiger charge is -2.19. The third-order valence-electron chi connectivity index (χ3n) is 1.66. The molecule has 0 radical (unpaired) electrons. The van der Waals surface area contributed by atoms with Crippen molar-refractivity contribution < 1.29 is 4.79 Å². The average Bonchev–Trinajstić information content (AvgIpc) is 2.16. The van der Waals surface area contributed by atoms with Crippen LogP contribution in [-0.4, -0.2) is 41.4 Å². The number of carbonyl (C=O) groups excluding carboxylic acids is 1. The van der Waals surface area contributed by atoms with E-state index in [0.717, 1.165) is 5.75 Å². The molecule has 0 heterocycles. The van der Waals surface area contributed by atoms with Crippen LogP contribution in [0.3, 0.4) is 0 Å². The van der Waals surface area contributed by atoms with Crippen LogP contribution in [0.5, 0.6) is 0 Å². The van der Waals surface area contributed by atoms with Crippen molar-refractivity contribution in [2.45, 2.75) is 13.0 Å². The predicted molar refractivity (Wildman–Crippen MR) is 67.9 cm³/mol. The first-order valence-corrected chi connectivity index (χ1v) is 6.10. The monoisotopic (exact) mass is 228 g/mol. The van der Waals surface area contributed by atoms with Crippen LogP contribution in [0.4, 0.5) is 0 Å². The minimum absolute atomic E-state index is 0.112. The highest BCUT2D eigenvalue weighted by Gasteiger charge is 2.10. The molecule has 0 aromatic heterocycles. The first-order chi connectivity index (χ1) is 7.11. The van der Waals surface area contributed by atoms with Crippen molar-refractivity contribution in [2.24, 2.45) is 5.73 Å². The normalized spacial score (nSPS) is 11.9. The van der Waals surface area contributed by atoms with Crippen LogP contribution in [-0.2, 0) is 4.79 Å². The molecule has 0 saturated carbocycles. The fourth-order valence-corrected chi connectivity index (χ4v) is 1.86. The molecule has 15 heavy (non-hydrogen) atoms. The Morgan fingerprint density at radius 3 is 2.40 bits per heavy atom. The van der Waals surface area contributed by atoms with Crippen LogP contribution in [0.25, 0.3) is 0 Å². The maximum atomic E-state index is 11.7. The zero-order valence-electron chi connectivity index (χ0n) is 9.32. The smallest absolute Gasteiger partial charge is 0.233 e. The number of rotatable bonds is 8. The summed E-state index contributed by atoms with van der Waals surface area (Å²) in [6, 6.07) is 0.134. The number of nitrogens with zero attached hydrogens (tertiary/aromatic N) is 1. The second kappa shape index (κ2) is 8.56. The fourth-order valence-electron chi connectivity index (χ4n) is 1.01. The molecule has 0 bridgehead atoms. The zero-order valence-corrected chi connectivity index (χ0v) is 10.1. The first kappa shape index (κ1) is 14.3. The number of thioether (sulfide) groups is 1. The summed E-state index contributed by atoms with van der Waals surface area (Å²) in [6.07, 6.45) is 3.44. The molecule has 1 unspecified atom stereocenters. The van der Waals surface area contributed by atoms with Crippen molar-refractivity contribution in [3.63, 3.8) is 0 Å². The molecule has 0 spiro atoms. The van der Waals surface area contributed by atoms with Gasteiger partial charge >= 0.3 is 0 Å². The molecule has 0 aromatic carbocycles. The average molecular weight is 228 g/mol. The van der Waals surface area contributed by atoms with Gasteiger partial charge < -0.3 is 10.6 Å². The number of hydrogen-bond acceptors (Lipinski definition) is 3. The van der Waals surface area contributed by atoms with Crippen LogP contribution >= 0.6 is 11.8 Å². The molecule has 0 aliphatic carbocycles. The second-order valence-corrected chi connectivity index (χ2v) is 4.40. The highest BCUT2D eigenvalue weighted by atomic mass is 32.2. The number of amides is 1. The standard InChI is InChI=1S/C11H20N2OS/c1-4-6-13(7-5-2)11(14)9-15-8-10(3)12/h4-5,10H,1-2,6-9,12H2,3H3. The largest absolute Gasteiger partial charge is 0.335 e. The van der Waals surface area contributed by atoms with Crippen molar-refractivity contribution in [2.75, 3.05) is 24.6 Å². The molecule has 0 aromatic rings. The summed E-state index contributed by atoms with van der Waals surface area (Å²) in [5.41, 5.74) is 5.59. The van der Waals surface area contributed by atoms with Gasteiger partial charge in [0.2, 0.25) is 5.91 Å². The number of nitrogens with two attached hydrogens (primary N) is 1. The van der Waals surface area contributed by atoms with E-state index >= 15 is 0 Å². The maximum Gasteiger partial charge on any atom is 0.233 e. The maximum absolute atomic E-state index is 11.7. The Balaban J connectivity index is 3.90. The minimum Gasteiger partial charge on any atom is -0.335 e. The highest BCUT2D eigenvalue weighted by Crippen LogP contribution is 2.04. The molecular formula is C11H20N2OS. The summed E-state index contributed by atoms with van der Waals surface area (Å²) >= 11 is 1.56. The van der Waals surface area contributed by atoms with E-state index in [0.29, 0.717) is 18.8 Å². The quantitative estimate of drug-likeness (QED) is 0.636.